The number of hydrogen-bond acceptors (Lipinski definition) is 7. The maximum absolute atomic E-state index is 14.8. The fourth-order valence-corrected chi connectivity index (χ4v) is 4.88. The molecule has 2 aliphatic carbocycles. The number of alkyl halides is 3. The maximum atomic E-state index is 14.8. The van der Waals surface area contributed by atoms with Gasteiger partial charge in [0.05, 0.1) is 24.4 Å². The van der Waals surface area contributed by atoms with E-state index in [2.05, 4.69) is 9.97 Å². The molecule has 2 heterocycles. The van der Waals surface area contributed by atoms with Crippen molar-refractivity contribution in [2.75, 3.05) is 13.2 Å². The molecule has 5 rings (SSSR count). The summed E-state index contributed by atoms with van der Waals surface area (Å²) in [5, 5.41) is 9.76. The van der Waals surface area contributed by atoms with Crippen molar-refractivity contribution in [1.29, 1.82) is 0 Å². The van der Waals surface area contributed by atoms with Gasteiger partial charge >= 0.3 is 12.1 Å². The van der Waals surface area contributed by atoms with Crippen LogP contribution in [0.4, 0.5) is 22.0 Å². The second kappa shape index (κ2) is 11.0. The standard InChI is InChI=1S/C30H27F5N2O5/c1-4-40-28(38)26-19-7-15-10-24(36-13-20(15)25(19)26)42-14-17-8-18(21(11-22(17)31)30(33,34)35)16-9-23(32)27(37-12-16)41-6-5-29(2,3)39/h8-13,19,39H,4-7,14H2,1-3H3/t19-/m1/s1. The number of fused-ring (bicyclic) bond motifs is 3. The second-order valence-electron chi connectivity index (χ2n) is 10.7. The van der Waals surface area contributed by atoms with Crippen LogP contribution in [0.15, 0.2) is 42.2 Å². The van der Waals surface area contributed by atoms with Gasteiger partial charge in [0.2, 0.25) is 11.8 Å². The van der Waals surface area contributed by atoms with Crippen LogP contribution in [0, 0.1) is 17.6 Å². The van der Waals surface area contributed by atoms with Crippen LogP contribution in [-0.2, 0) is 28.7 Å². The zero-order chi connectivity index (χ0) is 30.4. The summed E-state index contributed by atoms with van der Waals surface area (Å²) in [6, 6.07) is 3.76. The minimum atomic E-state index is -4.94. The van der Waals surface area contributed by atoms with Gasteiger partial charge in [-0.25, -0.2) is 23.5 Å². The summed E-state index contributed by atoms with van der Waals surface area (Å²) in [4.78, 5) is 20.1. The van der Waals surface area contributed by atoms with E-state index in [4.69, 9.17) is 14.2 Å². The Balaban J connectivity index is 1.36. The number of nitrogens with zero attached hydrogens (tertiary/aromatic N) is 2. The zero-order valence-electron chi connectivity index (χ0n) is 22.9. The monoisotopic (exact) mass is 590 g/mol. The van der Waals surface area contributed by atoms with Gasteiger partial charge in [0, 0.05) is 53.1 Å². The number of allylic oxidation sites excluding steroid dienone is 1. The van der Waals surface area contributed by atoms with E-state index in [1.54, 1.807) is 33.0 Å². The van der Waals surface area contributed by atoms with Crippen molar-refractivity contribution in [1.82, 2.24) is 9.97 Å². The number of aromatic nitrogens is 2. The molecule has 1 atom stereocenters. The third kappa shape index (κ3) is 6.08. The van der Waals surface area contributed by atoms with Crippen LogP contribution in [-0.4, -0.2) is 39.9 Å². The van der Waals surface area contributed by atoms with Crippen molar-refractivity contribution in [3.05, 3.63) is 76.1 Å². The van der Waals surface area contributed by atoms with Gasteiger partial charge in [-0.15, -0.1) is 0 Å². The average molecular weight is 591 g/mol. The third-order valence-corrected chi connectivity index (χ3v) is 7.02. The smallest absolute Gasteiger partial charge is 0.417 e. The summed E-state index contributed by atoms with van der Waals surface area (Å²) in [6.07, 6.45) is -1.66. The summed E-state index contributed by atoms with van der Waals surface area (Å²) in [5.74, 6) is -2.85. The number of carbonyl (C=O) groups is 1. The molecule has 0 unspecified atom stereocenters. The van der Waals surface area contributed by atoms with Crippen molar-refractivity contribution in [2.24, 2.45) is 5.92 Å². The van der Waals surface area contributed by atoms with Gasteiger partial charge in [0.1, 0.15) is 12.4 Å². The molecule has 7 nitrogen and oxygen atoms in total. The van der Waals surface area contributed by atoms with Crippen LogP contribution in [0.3, 0.4) is 0 Å². The Morgan fingerprint density at radius 3 is 2.45 bits per heavy atom. The topological polar surface area (TPSA) is 90.8 Å². The quantitative estimate of drug-likeness (QED) is 0.227. The number of pyridine rings is 2. The molecule has 1 N–H and O–H groups in total. The lowest BCUT2D eigenvalue weighted by Gasteiger charge is -2.18. The van der Waals surface area contributed by atoms with Crippen molar-refractivity contribution in [3.63, 3.8) is 0 Å². The number of rotatable bonds is 10. The molecule has 0 saturated carbocycles. The highest BCUT2D eigenvalue weighted by atomic mass is 19.4. The Labute approximate surface area is 238 Å². The van der Waals surface area contributed by atoms with Gasteiger partial charge in [-0.1, -0.05) is 0 Å². The molecule has 2 aromatic heterocycles. The van der Waals surface area contributed by atoms with E-state index < -0.39 is 47.0 Å². The van der Waals surface area contributed by atoms with E-state index in [-0.39, 0.29) is 48.5 Å². The van der Waals surface area contributed by atoms with Gasteiger partial charge in [-0.05, 0) is 62.1 Å². The highest BCUT2D eigenvalue weighted by Crippen LogP contribution is 2.56. The number of esters is 1. The molecule has 0 spiro atoms. The fourth-order valence-electron chi connectivity index (χ4n) is 4.88. The predicted molar refractivity (Wildman–Crippen MR) is 140 cm³/mol. The average Bonchev–Trinajstić information content (AvgIpc) is 3.49. The molecule has 0 fully saturated rings. The fraction of sp³-hybridized carbons (Fsp3) is 0.367. The Kier molecular flexibility index (Phi) is 7.69. The van der Waals surface area contributed by atoms with E-state index in [0.717, 1.165) is 35.0 Å². The molecular weight excluding hydrogens is 563 g/mol. The summed E-state index contributed by atoms with van der Waals surface area (Å²) >= 11 is 0. The number of ether oxygens (including phenoxy) is 3. The van der Waals surface area contributed by atoms with Gasteiger partial charge in [0.25, 0.3) is 0 Å². The lowest BCUT2D eigenvalue weighted by Crippen LogP contribution is -2.22. The summed E-state index contributed by atoms with van der Waals surface area (Å²) in [6.45, 7) is 4.57. The molecular formula is C30H27F5N2O5. The number of aliphatic hydroxyl groups is 1. The van der Waals surface area contributed by atoms with Gasteiger partial charge < -0.3 is 19.3 Å². The van der Waals surface area contributed by atoms with Crippen molar-refractivity contribution in [2.45, 2.75) is 52.0 Å². The SMILES string of the molecule is CCOC(=O)C1=C2c3cnc(OCc4cc(-c5cnc(OCCC(C)(C)O)c(F)c5)c(C(F)(F)F)cc4F)cc3C[C@@H]12. The summed E-state index contributed by atoms with van der Waals surface area (Å²) < 4.78 is 87.0. The maximum Gasteiger partial charge on any atom is 0.417 e. The minimum absolute atomic E-state index is 0.0293. The van der Waals surface area contributed by atoms with Crippen molar-refractivity contribution in [3.8, 4) is 22.9 Å². The first kappa shape index (κ1) is 29.4. The highest BCUT2D eigenvalue weighted by molar-refractivity contribution is 6.12. The lowest BCUT2D eigenvalue weighted by molar-refractivity contribution is -0.138. The van der Waals surface area contributed by atoms with Crippen LogP contribution in [0.5, 0.6) is 11.8 Å². The molecule has 0 saturated heterocycles. The normalized spacial score (nSPS) is 15.8. The second-order valence-corrected chi connectivity index (χ2v) is 10.7. The third-order valence-electron chi connectivity index (χ3n) is 7.02. The van der Waals surface area contributed by atoms with Gasteiger partial charge in [-0.2, -0.15) is 13.2 Å². The van der Waals surface area contributed by atoms with Crippen molar-refractivity contribution < 1.29 is 46.1 Å². The highest BCUT2D eigenvalue weighted by Gasteiger charge is 2.48. The molecule has 0 amide bonds. The number of carbonyl (C=O) groups excluding carboxylic acids is 1. The Morgan fingerprint density at radius 2 is 1.79 bits per heavy atom. The van der Waals surface area contributed by atoms with E-state index in [1.807, 2.05) is 0 Å². The summed E-state index contributed by atoms with van der Waals surface area (Å²) in [5.41, 5.74) is -0.0926. The van der Waals surface area contributed by atoms with Gasteiger partial charge in [0.15, 0.2) is 5.82 Å². The molecule has 222 valence electrons. The largest absolute Gasteiger partial charge is 0.475 e. The Hall–Kier alpha value is -4.06. The Bertz CT molecular complexity index is 1580. The first-order valence-corrected chi connectivity index (χ1v) is 13.2. The van der Waals surface area contributed by atoms with E-state index in [9.17, 15) is 31.9 Å². The first-order chi connectivity index (χ1) is 19.8. The molecule has 0 radical (unpaired) electrons. The zero-order valence-corrected chi connectivity index (χ0v) is 22.9. The van der Waals surface area contributed by atoms with Crippen LogP contribution in [0.25, 0.3) is 16.7 Å². The Morgan fingerprint density at radius 1 is 1.02 bits per heavy atom. The van der Waals surface area contributed by atoms with E-state index >= 15 is 0 Å². The molecule has 0 bridgehead atoms. The number of hydrogen-bond donors (Lipinski definition) is 1. The predicted octanol–water partition coefficient (Wildman–Crippen LogP) is 6.06. The summed E-state index contributed by atoms with van der Waals surface area (Å²) in [7, 11) is 0. The van der Waals surface area contributed by atoms with Crippen molar-refractivity contribution >= 4 is 11.5 Å². The molecule has 3 aromatic rings. The van der Waals surface area contributed by atoms with Crippen LogP contribution < -0.4 is 9.47 Å². The minimum Gasteiger partial charge on any atom is -0.475 e. The first-order valence-electron chi connectivity index (χ1n) is 13.2. The molecule has 2 aliphatic rings. The molecule has 12 heteroatoms. The number of halogens is 5. The van der Waals surface area contributed by atoms with Crippen LogP contribution in [0.2, 0.25) is 0 Å². The van der Waals surface area contributed by atoms with Gasteiger partial charge in [-0.3, -0.25) is 0 Å². The lowest BCUT2D eigenvalue weighted by atomic mass is 9.97. The van der Waals surface area contributed by atoms with E-state index in [0.29, 0.717) is 18.1 Å². The molecule has 0 aliphatic heterocycles. The molecule has 42 heavy (non-hydrogen) atoms. The van der Waals surface area contributed by atoms with Crippen LogP contribution in [0.1, 0.15) is 49.4 Å². The molecule has 1 aromatic carbocycles. The van der Waals surface area contributed by atoms with E-state index in [1.165, 1.54) is 0 Å². The number of benzene rings is 1. The van der Waals surface area contributed by atoms with Crippen LogP contribution >= 0.6 is 0 Å².